The molecule has 0 bridgehead atoms. The van der Waals surface area contributed by atoms with Crippen LogP contribution in [0, 0.1) is 0 Å². The molecule has 1 aliphatic carbocycles. The van der Waals surface area contributed by atoms with Crippen molar-refractivity contribution in [3.05, 3.63) is 0 Å². The van der Waals surface area contributed by atoms with Crippen molar-refractivity contribution in [3.63, 3.8) is 0 Å². The van der Waals surface area contributed by atoms with Gasteiger partial charge < -0.3 is 10.5 Å². The van der Waals surface area contributed by atoms with Crippen LogP contribution in [0.5, 0.6) is 0 Å². The van der Waals surface area contributed by atoms with E-state index < -0.39 is 0 Å². The maximum Gasteiger partial charge on any atom is 0.0560 e. The van der Waals surface area contributed by atoms with Gasteiger partial charge in [-0.05, 0) is 26.2 Å². The molecule has 11 heavy (non-hydrogen) atoms. The summed E-state index contributed by atoms with van der Waals surface area (Å²) >= 11 is 0. The van der Waals surface area contributed by atoms with Crippen molar-refractivity contribution in [2.45, 2.75) is 50.7 Å². The van der Waals surface area contributed by atoms with Crippen LogP contribution in [0.2, 0.25) is 0 Å². The van der Waals surface area contributed by atoms with E-state index in [1.165, 1.54) is 25.7 Å². The summed E-state index contributed by atoms with van der Waals surface area (Å²) in [6, 6.07) is 0. The second-order valence-corrected chi connectivity index (χ2v) is 3.82. The Morgan fingerprint density at radius 1 is 1.45 bits per heavy atom. The van der Waals surface area contributed by atoms with Crippen LogP contribution in [0.3, 0.4) is 0 Å². The fourth-order valence-corrected chi connectivity index (χ4v) is 1.94. The third-order valence-electron chi connectivity index (χ3n) is 2.70. The Hall–Kier alpha value is -0.0800. The molecule has 1 saturated carbocycles. The number of rotatable bonds is 3. The quantitative estimate of drug-likeness (QED) is 0.676. The Morgan fingerprint density at radius 3 is 2.45 bits per heavy atom. The number of hydrogen-bond acceptors (Lipinski definition) is 2. The fourth-order valence-electron chi connectivity index (χ4n) is 1.94. The minimum Gasteiger partial charge on any atom is -0.382 e. The van der Waals surface area contributed by atoms with E-state index in [2.05, 4.69) is 6.92 Å². The first kappa shape index (κ1) is 9.01. The van der Waals surface area contributed by atoms with E-state index >= 15 is 0 Å². The summed E-state index contributed by atoms with van der Waals surface area (Å²) in [5, 5.41) is 0. The number of methoxy groups -OCH3 is 1. The molecule has 1 unspecified atom stereocenters. The van der Waals surface area contributed by atoms with Crippen molar-refractivity contribution in [2.75, 3.05) is 7.11 Å². The lowest BCUT2D eigenvalue weighted by Crippen LogP contribution is -2.39. The summed E-state index contributed by atoms with van der Waals surface area (Å²) in [5.74, 6) is 0. The molecule has 0 heterocycles. The SMILES string of the molecule is COC(C)CC1(N)CCCC1. The van der Waals surface area contributed by atoms with E-state index in [1.54, 1.807) is 7.11 Å². The molecule has 66 valence electrons. The van der Waals surface area contributed by atoms with Gasteiger partial charge in [-0.25, -0.2) is 0 Å². The van der Waals surface area contributed by atoms with Crippen LogP contribution >= 0.6 is 0 Å². The zero-order chi connectivity index (χ0) is 8.32. The highest BCUT2D eigenvalue weighted by atomic mass is 16.5. The van der Waals surface area contributed by atoms with Gasteiger partial charge in [0.05, 0.1) is 6.10 Å². The molecule has 1 atom stereocenters. The molecule has 2 N–H and O–H groups in total. The van der Waals surface area contributed by atoms with E-state index in [1.807, 2.05) is 0 Å². The van der Waals surface area contributed by atoms with Gasteiger partial charge in [-0.2, -0.15) is 0 Å². The Morgan fingerprint density at radius 2 is 2.00 bits per heavy atom. The Labute approximate surface area is 69.1 Å². The lowest BCUT2D eigenvalue weighted by Gasteiger charge is -2.26. The molecule has 2 heteroatoms. The Kier molecular flexibility index (Phi) is 2.90. The predicted molar refractivity (Wildman–Crippen MR) is 46.5 cm³/mol. The Bertz CT molecular complexity index is 119. The van der Waals surface area contributed by atoms with Crippen molar-refractivity contribution in [2.24, 2.45) is 5.73 Å². The second kappa shape index (κ2) is 3.55. The molecular weight excluding hydrogens is 138 g/mol. The molecular formula is C9H19NO. The van der Waals surface area contributed by atoms with E-state index in [0.29, 0.717) is 6.10 Å². The first-order valence-electron chi connectivity index (χ1n) is 4.48. The van der Waals surface area contributed by atoms with Crippen molar-refractivity contribution in [1.29, 1.82) is 0 Å². The van der Waals surface area contributed by atoms with Gasteiger partial charge in [0.1, 0.15) is 0 Å². The molecule has 0 saturated heterocycles. The Balaban J connectivity index is 2.33. The smallest absolute Gasteiger partial charge is 0.0560 e. The van der Waals surface area contributed by atoms with Gasteiger partial charge in [0.15, 0.2) is 0 Å². The van der Waals surface area contributed by atoms with Gasteiger partial charge in [-0.3, -0.25) is 0 Å². The van der Waals surface area contributed by atoms with Crippen LogP contribution in [0.25, 0.3) is 0 Å². The molecule has 0 aliphatic heterocycles. The highest BCUT2D eigenvalue weighted by molar-refractivity contribution is 4.90. The van der Waals surface area contributed by atoms with Crippen LogP contribution in [-0.2, 0) is 4.74 Å². The first-order chi connectivity index (χ1) is 5.16. The second-order valence-electron chi connectivity index (χ2n) is 3.82. The van der Waals surface area contributed by atoms with Crippen LogP contribution in [0.1, 0.15) is 39.0 Å². The molecule has 0 aromatic rings. The lowest BCUT2D eigenvalue weighted by atomic mass is 9.92. The monoisotopic (exact) mass is 157 g/mol. The normalized spacial score (nSPS) is 25.4. The lowest BCUT2D eigenvalue weighted by molar-refractivity contribution is 0.0888. The minimum absolute atomic E-state index is 0.0927. The van der Waals surface area contributed by atoms with Crippen molar-refractivity contribution < 1.29 is 4.74 Å². The van der Waals surface area contributed by atoms with E-state index in [-0.39, 0.29) is 5.54 Å². The van der Waals surface area contributed by atoms with Crippen LogP contribution in [-0.4, -0.2) is 18.8 Å². The van der Waals surface area contributed by atoms with Crippen molar-refractivity contribution in [1.82, 2.24) is 0 Å². The standard InChI is InChI=1S/C9H19NO/c1-8(11-2)7-9(10)5-3-4-6-9/h8H,3-7,10H2,1-2H3. The highest BCUT2D eigenvalue weighted by Gasteiger charge is 2.30. The first-order valence-corrected chi connectivity index (χ1v) is 4.48. The summed E-state index contributed by atoms with van der Waals surface area (Å²) in [6.45, 7) is 2.09. The average molecular weight is 157 g/mol. The summed E-state index contributed by atoms with van der Waals surface area (Å²) in [6.07, 6.45) is 6.29. The van der Waals surface area contributed by atoms with Gasteiger partial charge >= 0.3 is 0 Å². The summed E-state index contributed by atoms with van der Waals surface area (Å²) in [7, 11) is 1.75. The number of nitrogens with two attached hydrogens (primary N) is 1. The molecule has 1 rings (SSSR count). The van der Waals surface area contributed by atoms with E-state index in [9.17, 15) is 0 Å². The summed E-state index contributed by atoms with van der Waals surface area (Å²) < 4.78 is 5.20. The summed E-state index contributed by atoms with van der Waals surface area (Å²) in [4.78, 5) is 0. The van der Waals surface area contributed by atoms with Crippen LogP contribution in [0.4, 0.5) is 0 Å². The molecule has 0 aromatic heterocycles. The van der Waals surface area contributed by atoms with Crippen molar-refractivity contribution in [3.8, 4) is 0 Å². The molecule has 2 nitrogen and oxygen atoms in total. The van der Waals surface area contributed by atoms with Gasteiger partial charge in [0, 0.05) is 12.6 Å². The third-order valence-corrected chi connectivity index (χ3v) is 2.70. The maximum absolute atomic E-state index is 6.16. The fraction of sp³-hybridized carbons (Fsp3) is 1.00. The molecule has 0 spiro atoms. The summed E-state index contributed by atoms with van der Waals surface area (Å²) in [5.41, 5.74) is 6.25. The molecule has 0 amide bonds. The van der Waals surface area contributed by atoms with Crippen LogP contribution in [0.15, 0.2) is 0 Å². The number of hydrogen-bond donors (Lipinski definition) is 1. The molecule has 0 radical (unpaired) electrons. The molecule has 1 aliphatic rings. The van der Waals surface area contributed by atoms with E-state index in [4.69, 9.17) is 10.5 Å². The molecule has 0 aromatic carbocycles. The minimum atomic E-state index is 0.0927. The third kappa shape index (κ3) is 2.46. The van der Waals surface area contributed by atoms with Gasteiger partial charge in [0.2, 0.25) is 0 Å². The van der Waals surface area contributed by atoms with Crippen molar-refractivity contribution >= 4 is 0 Å². The maximum atomic E-state index is 6.16. The van der Waals surface area contributed by atoms with Gasteiger partial charge in [0.25, 0.3) is 0 Å². The average Bonchev–Trinajstić information content (AvgIpc) is 2.36. The zero-order valence-corrected chi connectivity index (χ0v) is 7.60. The van der Waals surface area contributed by atoms with Gasteiger partial charge in [-0.1, -0.05) is 12.8 Å². The molecule has 1 fully saturated rings. The number of ether oxygens (including phenoxy) is 1. The largest absolute Gasteiger partial charge is 0.382 e. The van der Waals surface area contributed by atoms with E-state index in [0.717, 1.165) is 6.42 Å². The van der Waals surface area contributed by atoms with Gasteiger partial charge in [-0.15, -0.1) is 0 Å². The topological polar surface area (TPSA) is 35.2 Å². The zero-order valence-electron chi connectivity index (χ0n) is 7.60. The highest BCUT2D eigenvalue weighted by Crippen LogP contribution is 2.31. The van der Waals surface area contributed by atoms with Crippen LogP contribution < -0.4 is 5.73 Å². The predicted octanol–water partition coefficient (Wildman–Crippen LogP) is 1.68.